The highest BCUT2D eigenvalue weighted by Crippen LogP contribution is 2.35. The molecule has 0 fully saturated rings. The molecule has 4 nitrogen and oxygen atoms in total. The van der Waals surface area contributed by atoms with Crippen LogP contribution in [0.3, 0.4) is 0 Å². The van der Waals surface area contributed by atoms with Crippen LogP contribution in [0.15, 0.2) is 52.1 Å². The summed E-state index contributed by atoms with van der Waals surface area (Å²) in [6, 6.07) is 13.3. The van der Waals surface area contributed by atoms with E-state index in [4.69, 9.17) is 11.6 Å². The summed E-state index contributed by atoms with van der Waals surface area (Å²) >= 11 is 7.77. The smallest absolute Gasteiger partial charge is 0.279 e. The number of thiophene rings is 1. The van der Waals surface area contributed by atoms with E-state index in [0.717, 1.165) is 46.3 Å². The molecule has 1 aliphatic carbocycles. The fraction of sp³-hybridized carbons (Fsp3) is 0.250. The minimum absolute atomic E-state index is 0.208. The van der Waals surface area contributed by atoms with Gasteiger partial charge in [-0.05, 0) is 79.6 Å². The zero-order valence-electron chi connectivity index (χ0n) is 16.9. The molecule has 0 N–H and O–H groups in total. The number of aryl methyl sites for hydroxylation is 4. The number of rotatable bonds is 3. The summed E-state index contributed by atoms with van der Waals surface area (Å²) in [5.74, 6) is 0. The highest BCUT2D eigenvalue weighted by molar-refractivity contribution is 7.18. The van der Waals surface area contributed by atoms with Crippen molar-refractivity contribution in [2.24, 2.45) is 0 Å². The van der Waals surface area contributed by atoms with Gasteiger partial charge in [0.2, 0.25) is 0 Å². The van der Waals surface area contributed by atoms with Gasteiger partial charge in [0.1, 0.15) is 4.83 Å². The molecular weight excluding hydrogens is 416 g/mol. The third kappa shape index (κ3) is 3.04. The zero-order chi connectivity index (χ0) is 21.0. The van der Waals surface area contributed by atoms with Gasteiger partial charge in [-0.2, -0.15) is 0 Å². The Labute approximate surface area is 183 Å². The Morgan fingerprint density at radius 3 is 2.63 bits per heavy atom. The molecule has 2 heterocycles. The van der Waals surface area contributed by atoms with Gasteiger partial charge in [0.15, 0.2) is 0 Å². The normalized spacial score (nSPS) is 13.2. The van der Waals surface area contributed by atoms with Crippen LogP contribution < -0.4 is 11.2 Å². The molecule has 0 amide bonds. The lowest BCUT2D eigenvalue weighted by Crippen LogP contribution is -2.39. The van der Waals surface area contributed by atoms with E-state index < -0.39 is 0 Å². The molecule has 6 heteroatoms. The van der Waals surface area contributed by atoms with Gasteiger partial charge in [0.05, 0.1) is 17.6 Å². The molecule has 0 spiro atoms. The number of hydrogen-bond donors (Lipinski definition) is 0. The third-order valence-electron chi connectivity index (χ3n) is 5.97. The van der Waals surface area contributed by atoms with Gasteiger partial charge in [-0.15, -0.1) is 11.3 Å². The van der Waals surface area contributed by atoms with Crippen molar-refractivity contribution in [2.45, 2.75) is 39.7 Å². The van der Waals surface area contributed by atoms with Crippen molar-refractivity contribution in [3.8, 4) is 5.69 Å². The average molecular weight is 437 g/mol. The standard InChI is InChI=1S/C24H21ClN2O2S/c1-14-9-10-18(11-15(14)2)27-22(28)21-19-7-4-8-20(19)30-23(21)26(24(27)29)13-16-5-3-6-17(25)12-16/h3,5-6,9-12H,4,7-8,13H2,1-2H3. The van der Waals surface area contributed by atoms with Crippen LogP contribution in [0, 0.1) is 13.8 Å². The van der Waals surface area contributed by atoms with E-state index in [0.29, 0.717) is 22.6 Å². The lowest BCUT2D eigenvalue weighted by Gasteiger charge is -2.14. The van der Waals surface area contributed by atoms with E-state index in [1.54, 1.807) is 15.9 Å². The number of aromatic nitrogens is 2. The number of hydrogen-bond acceptors (Lipinski definition) is 3. The van der Waals surface area contributed by atoms with E-state index in [1.807, 2.05) is 56.3 Å². The van der Waals surface area contributed by atoms with E-state index >= 15 is 0 Å². The number of benzene rings is 2. The van der Waals surface area contributed by atoms with Crippen molar-refractivity contribution in [1.29, 1.82) is 0 Å². The van der Waals surface area contributed by atoms with Gasteiger partial charge in [-0.3, -0.25) is 9.36 Å². The summed E-state index contributed by atoms with van der Waals surface area (Å²) in [6.07, 6.45) is 2.93. The zero-order valence-corrected chi connectivity index (χ0v) is 18.4. The molecule has 0 aliphatic heterocycles. The first-order valence-corrected chi connectivity index (χ1v) is 11.3. The monoisotopic (exact) mass is 436 g/mol. The molecule has 0 atom stereocenters. The van der Waals surface area contributed by atoms with Crippen LogP contribution in [0.2, 0.25) is 5.02 Å². The van der Waals surface area contributed by atoms with E-state index in [1.165, 1.54) is 9.44 Å². The quantitative estimate of drug-likeness (QED) is 0.452. The van der Waals surface area contributed by atoms with Gasteiger partial charge in [-0.1, -0.05) is 29.8 Å². The summed E-state index contributed by atoms with van der Waals surface area (Å²) in [5, 5.41) is 1.33. The highest BCUT2D eigenvalue weighted by atomic mass is 35.5. The highest BCUT2D eigenvalue weighted by Gasteiger charge is 2.25. The average Bonchev–Trinajstić information content (AvgIpc) is 3.29. The Morgan fingerprint density at radius 1 is 1.03 bits per heavy atom. The second kappa shape index (κ2) is 7.25. The van der Waals surface area contributed by atoms with Crippen LogP contribution in [0.25, 0.3) is 15.9 Å². The topological polar surface area (TPSA) is 44.0 Å². The SMILES string of the molecule is Cc1ccc(-n2c(=O)c3c4c(sc3n(Cc3cccc(Cl)c3)c2=O)CCC4)cc1C. The molecule has 152 valence electrons. The van der Waals surface area contributed by atoms with Gasteiger partial charge in [0.25, 0.3) is 5.56 Å². The third-order valence-corrected chi connectivity index (χ3v) is 7.52. The number of fused-ring (bicyclic) bond motifs is 3. The van der Waals surface area contributed by atoms with Crippen LogP contribution in [0.1, 0.15) is 33.6 Å². The maximum absolute atomic E-state index is 13.6. The Morgan fingerprint density at radius 2 is 1.87 bits per heavy atom. The van der Waals surface area contributed by atoms with Crippen LogP contribution in [0.4, 0.5) is 0 Å². The molecular formula is C24H21ClN2O2S. The van der Waals surface area contributed by atoms with Crippen molar-refractivity contribution >= 4 is 33.2 Å². The maximum Gasteiger partial charge on any atom is 0.337 e. The molecule has 2 aromatic heterocycles. The molecule has 5 rings (SSSR count). The maximum atomic E-state index is 13.6. The Balaban J connectivity index is 1.83. The molecule has 0 radical (unpaired) electrons. The fourth-order valence-electron chi connectivity index (χ4n) is 4.26. The van der Waals surface area contributed by atoms with Crippen molar-refractivity contribution in [3.05, 3.63) is 95.5 Å². The minimum atomic E-state index is -0.310. The lowest BCUT2D eigenvalue weighted by molar-refractivity contribution is 0.718. The van der Waals surface area contributed by atoms with Gasteiger partial charge in [-0.25, -0.2) is 9.36 Å². The molecule has 0 saturated heterocycles. The fourth-order valence-corrected chi connectivity index (χ4v) is 5.84. The minimum Gasteiger partial charge on any atom is -0.279 e. The molecule has 0 unspecified atom stereocenters. The predicted molar refractivity (Wildman–Crippen MR) is 124 cm³/mol. The largest absolute Gasteiger partial charge is 0.337 e. The summed E-state index contributed by atoms with van der Waals surface area (Å²) in [5.41, 5.74) is 4.34. The van der Waals surface area contributed by atoms with Crippen molar-refractivity contribution in [3.63, 3.8) is 0 Å². The Bertz CT molecular complexity index is 1430. The molecule has 2 aromatic carbocycles. The van der Waals surface area contributed by atoms with Gasteiger partial charge < -0.3 is 0 Å². The summed E-state index contributed by atoms with van der Waals surface area (Å²) in [6.45, 7) is 4.39. The van der Waals surface area contributed by atoms with E-state index in [-0.39, 0.29) is 11.2 Å². The summed E-state index contributed by atoms with van der Waals surface area (Å²) in [4.78, 5) is 29.2. The van der Waals surface area contributed by atoms with E-state index in [2.05, 4.69) is 0 Å². The summed E-state index contributed by atoms with van der Waals surface area (Å²) in [7, 11) is 0. The molecule has 1 aliphatic rings. The Kier molecular flexibility index (Phi) is 4.68. The molecule has 0 saturated carbocycles. The van der Waals surface area contributed by atoms with E-state index in [9.17, 15) is 9.59 Å². The first kappa shape index (κ1) is 19.3. The van der Waals surface area contributed by atoms with Gasteiger partial charge >= 0.3 is 5.69 Å². The number of nitrogens with zero attached hydrogens (tertiary/aromatic N) is 2. The van der Waals surface area contributed by atoms with Crippen LogP contribution in [-0.2, 0) is 19.4 Å². The second-order valence-electron chi connectivity index (χ2n) is 7.95. The molecule has 0 bridgehead atoms. The Hall–Kier alpha value is -2.63. The van der Waals surface area contributed by atoms with Crippen molar-refractivity contribution in [1.82, 2.24) is 9.13 Å². The number of halogens is 1. The first-order valence-electron chi connectivity index (χ1n) is 10.1. The van der Waals surface area contributed by atoms with Crippen molar-refractivity contribution < 1.29 is 0 Å². The summed E-state index contributed by atoms with van der Waals surface area (Å²) < 4.78 is 3.07. The van der Waals surface area contributed by atoms with Crippen LogP contribution >= 0.6 is 22.9 Å². The lowest BCUT2D eigenvalue weighted by atomic mass is 10.1. The van der Waals surface area contributed by atoms with Crippen LogP contribution in [-0.4, -0.2) is 9.13 Å². The first-order chi connectivity index (χ1) is 14.4. The molecule has 4 aromatic rings. The van der Waals surface area contributed by atoms with Crippen LogP contribution in [0.5, 0.6) is 0 Å². The second-order valence-corrected chi connectivity index (χ2v) is 9.47. The van der Waals surface area contributed by atoms with Gasteiger partial charge in [0, 0.05) is 9.90 Å². The molecule has 30 heavy (non-hydrogen) atoms. The van der Waals surface area contributed by atoms with Crippen molar-refractivity contribution in [2.75, 3.05) is 0 Å². The predicted octanol–water partition coefficient (Wildman–Crippen LogP) is 5.02.